The van der Waals surface area contributed by atoms with E-state index >= 15 is 8.78 Å². The highest BCUT2D eigenvalue weighted by Crippen LogP contribution is 2.35. The van der Waals surface area contributed by atoms with Gasteiger partial charge in [0.25, 0.3) is 0 Å². The fraction of sp³-hybridized carbons (Fsp3) is 0.645. The van der Waals surface area contributed by atoms with E-state index in [1.165, 1.54) is 36.4 Å². The number of halogens is 3. The van der Waals surface area contributed by atoms with Crippen LogP contribution in [0.2, 0.25) is 0 Å². The van der Waals surface area contributed by atoms with Gasteiger partial charge in [-0.1, -0.05) is 39.5 Å². The molecule has 12 heteroatoms. The molecule has 0 bridgehead atoms. The summed E-state index contributed by atoms with van der Waals surface area (Å²) >= 11 is 0. The van der Waals surface area contributed by atoms with Crippen molar-refractivity contribution in [3.8, 4) is 11.3 Å². The summed E-state index contributed by atoms with van der Waals surface area (Å²) in [7, 11) is 3.30. The monoisotopic (exact) mass is 601 g/mol. The van der Waals surface area contributed by atoms with Gasteiger partial charge in [-0.3, -0.25) is 14.3 Å². The minimum Gasteiger partial charge on any atom is -0.371 e. The maximum absolute atomic E-state index is 15.4. The molecule has 3 aromatic rings. The molecule has 1 aliphatic heterocycles. The standard InChI is InChI=1S/C27H37F2N9.C4H9F/c1-5-18(13-17-7-6-8-17)37-12-11-22(19(28)14-37)33-27-34-26(30-3)25-24(20(29)15-38(25)36-27)23-10-9-21(35-31-4)16(2)32-23;1-2-3-4-5/h9-10,15,17-19,22H,5-8,11-14H2,1-4H3,(H2,30,33,34,36);2-4H2,1H3. The second-order valence-corrected chi connectivity index (χ2v) is 11.5. The van der Waals surface area contributed by atoms with E-state index in [1.807, 2.05) is 6.92 Å². The number of nitrogens with zero attached hydrogens (tertiary/aromatic N) is 7. The van der Waals surface area contributed by atoms with Gasteiger partial charge in [-0.15, -0.1) is 5.10 Å². The van der Waals surface area contributed by atoms with Crippen molar-refractivity contribution in [2.24, 2.45) is 16.1 Å². The highest BCUT2D eigenvalue weighted by atomic mass is 19.1. The van der Waals surface area contributed by atoms with Crippen molar-refractivity contribution in [2.45, 2.75) is 90.4 Å². The molecule has 236 valence electrons. The van der Waals surface area contributed by atoms with Gasteiger partial charge in [0.2, 0.25) is 5.95 Å². The van der Waals surface area contributed by atoms with Crippen molar-refractivity contribution in [3.05, 3.63) is 29.8 Å². The number of azo groups is 1. The molecule has 0 spiro atoms. The molecule has 3 unspecified atom stereocenters. The van der Waals surface area contributed by atoms with E-state index in [0.29, 0.717) is 47.4 Å². The molecule has 2 N–H and O–H groups in total. The lowest BCUT2D eigenvalue weighted by Gasteiger charge is -2.41. The number of hydrogen-bond acceptors (Lipinski definition) is 8. The number of unbranched alkanes of at least 4 members (excludes halogenated alkanes) is 1. The van der Waals surface area contributed by atoms with Crippen LogP contribution in [0.25, 0.3) is 16.8 Å². The molecule has 0 amide bonds. The molecular weight excluding hydrogens is 555 g/mol. The molecule has 4 heterocycles. The largest absolute Gasteiger partial charge is 0.371 e. The molecule has 43 heavy (non-hydrogen) atoms. The lowest BCUT2D eigenvalue weighted by molar-refractivity contribution is 0.0678. The zero-order valence-electron chi connectivity index (χ0n) is 26.1. The van der Waals surface area contributed by atoms with E-state index in [9.17, 15) is 4.39 Å². The van der Waals surface area contributed by atoms with Crippen LogP contribution in [0, 0.1) is 18.7 Å². The number of pyridine rings is 1. The maximum atomic E-state index is 15.4. The van der Waals surface area contributed by atoms with E-state index in [4.69, 9.17) is 0 Å². The van der Waals surface area contributed by atoms with E-state index in [-0.39, 0.29) is 18.2 Å². The summed E-state index contributed by atoms with van der Waals surface area (Å²) in [6, 6.07) is 3.50. The van der Waals surface area contributed by atoms with Crippen LogP contribution in [0.1, 0.15) is 70.9 Å². The summed E-state index contributed by atoms with van der Waals surface area (Å²) in [4.78, 5) is 11.4. The molecule has 9 nitrogen and oxygen atoms in total. The first-order valence-electron chi connectivity index (χ1n) is 15.6. The smallest absolute Gasteiger partial charge is 0.243 e. The quantitative estimate of drug-likeness (QED) is 0.221. The van der Waals surface area contributed by atoms with Crippen LogP contribution < -0.4 is 10.6 Å². The molecule has 1 aliphatic carbocycles. The predicted molar refractivity (Wildman–Crippen MR) is 166 cm³/mol. The lowest BCUT2D eigenvalue weighted by Crippen LogP contribution is -2.52. The molecule has 2 fully saturated rings. The van der Waals surface area contributed by atoms with Crippen molar-refractivity contribution < 1.29 is 13.2 Å². The Morgan fingerprint density at radius 1 is 1.16 bits per heavy atom. The molecular formula is C31H46F3N9. The summed E-state index contributed by atoms with van der Waals surface area (Å²) in [5.41, 5.74) is 2.45. The first-order chi connectivity index (χ1) is 20.8. The molecule has 3 aromatic heterocycles. The third kappa shape index (κ3) is 7.82. The third-order valence-corrected chi connectivity index (χ3v) is 8.54. The van der Waals surface area contributed by atoms with Gasteiger partial charge in [0.1, 0.15) is 17.4 Å². The van der Waals surface area contributed by atoms with Crippen LogP contribution in [0.3, 0.4) is 0 Å². The van der Waals surface area contributed by atoms with Crippen LogP contribution in [0.15, 0.2) is 28.6 Å². The lowest BCUT2D eigenvalue weighted by atomic mass is 9.80. The second-order valence-electron chi connectivity index (χ2n) is 11.5. The average Bonchev–Trinajstić information content (AvgIpc) is 3.31. The maximum Gasteiger partial charge on any atom is 0.243 e. The van der Waals surface area contributed by atoms with Crippen LogP contribution in [-0.4, -0.2) is 76.6 Å². The number of piperidine rings is 1. The number of alkyl halides is 2. The number of fused-ring (bicyclic) bond motifs is 1. The van der Waals surface area contributed by atoms with E-state index in [0.717, 1.165) is 31.7 Å². The number of likely N-dealkylation sites (tertiary alicyclic amines) is 1. The number of nitrogens with one attached hydrogen (secondary N) is 2. The fourth-order valence-electron chi connectivity index (χ4n) is 5.85. The van der Waals surface area contributed by atoms with Crippen LogP contribution >= 0.6 is 0 Å². The Bertz CT molecular complexity index is 1360. The number of aryl methyl sites for hydroxylation is 1. The van der Waals surface area contributed by atoms with Crippen LogP contribution in [0.4, 0.5) is 30.6 Å². The number of rotatable bonds is 11. The minimum atomic E-state index is -1.04. The first kappa shape index (κ1) is 32.6. The molecule has 5 rings (SSSR count). The van der Waals surface area contributed by atoms with Gasteiger partial charge in [0, 0.05) is 33.2 Å². The summed E-state index contributed by atoms with van der Waals surface area (Å²) in [5, 5.41) is 18.6. The van der Waals surface area contributed by atoms with E-state index in [1.54, 1.807) is 33.2 Å². The molecule has 2 aliphatic rings. The molecule has 0 radical (unpaired) electrons. The number of hydrogen-bond donors (Lipinski definition) is 2. The van der Waals surface area contributed by atoms with Crippen molar-refractivity contribution >= 4 is 23.0 Å². The van der Waals surface area contributed by atoms with Crippen molar-refractivity contribution in [3.63, 3.8) is 0 Å². The highest BCUT2D eigenvalue weighted by Gasteiger charge is 2.34. The molecule has 3 atom stereocenters. The van der Waals surface area contributed by atoms with Crippen molar-refractivity contribution in [2.75, 3.05) is 44.5 Å². The van der Waals surface area contributed by atoms with Gasteiger partial charge in [-0.05, 0) is 50.7 Å². The van der Waals surface area contributed by atoms with Crippen molar-refractivity contribution in [1.82, 2.24) is 24.5 Å². The number of aromatic nitrogens is 4. The van der Waals surface area contributed by atoms with E-state index < -0.39 is 18.0 Å². The van der Waals surface area contributed by atoms with Crippen LogP contribution in [0.5, 0.6) is 0 Å². The van der Waals surface area contributed by atoms with Crippen LogP contribution in [-0.2, 0) is 0 Å². The predicted octanol–water partition coefficient (Wildman–Crippen LogP) is 7.54. The Morgan fingerprint density at radius 3 is 2.51 bits per heavy atom. The second kappa shape index (κ2) is 15.4. The van der Waals surface area contributed by atoms with Gasteiger partial charge >= 0.3 is 0 Å². The van der Waals surface area contributed by atoms with Gasteiger partial charge in [0.05, 0.1) is 35.9 Å². The summed E-state index contributed by atoms with van der Waals surface area (Å²) in [6.07, 6.45) is 8.80. The Balaban J connectivity index is 0.000000782. The topological polar surface area (TPSA) is 95.1 Å². The zero-order valence-corrected chi connectivity index (χ0v) is 26.1. The fourth-order valence-corrected chi connectivity index (χ4v) is 5.85. The molecule has 1 saturated carbocycles. The Morgan fingerprint density at radius 2 is 1.95 bits per heavy atom. The summed E-state index contributed by atoms with van der Waals surface area (Å²) in [5.74, 6) is 1.02. The highest BCUT2D eigenvalue weighted by molar-refractivity contribution is 5.88. The number of anilines is 2. The molecule has 1 saturated heterocycles. The van der Waals surface area contributed by atoms with E-state index in [2.05, 4.69) is 47.8 Å². The first-order valence-corrected chi connectivity index (χ1v) is 15.6. The minimum absolute atomic E-state index is 0.156. The van der Waals surface area contributed by atoms with Gasteiger partial charge in [0.15, 0.2) is 11.6 Å². The van der Waals surface area contributed by atoms with Gasteiger partial charge in [-0.2, -0.15) is 15.2 Å². The Hall–Kier alpha value is -3.28. The van der Waals surface area contributed by atoms with Gasteiger partial charge in [-0.25, -0.2) is 13.3 Å². The average molecular weight is 602 g/mol. The SMILES string of the molecule is CCC(CC1CCC1)N1CCC(Nc2nc(NC)c3c(-c4ccc(N=NC)c(C)n4)c(F)cn3n2)C(F)C1.CCCCF. The van der Waals surface area contributed by atoms with Gasteiger partial charge < -0.3 is 10.6 Å². The summed E-state index contributed by atoms with van der Waals surface area (Å²) in [6.45, 7) is 7.07. The normalized spacial score (nSPS) is 20.1. The van der Waals surface area contributed by atoms with Crippen molar-refractivity contribution in [1.29, 1.82) is 0 Å². The third-order valence-electron chi connectivity index (χ3n) is 8.54. The zero-order chi connectivity index (χ0) is 30.9. The Kier molecular flexibility index (Phi) is 11.7. The summed E-state index contributed by atoms with van der Waals surface area (Å²) < 4.78 is 43.0. The molecule has 0 aromatic carbocycles. The Labute approximate surface area is 252 Å².